The first-order valence-electron chi connectivity index (χ1n) is 14.9. The number of phenolic OH excluding ortho intramolecular Hbond substituents is 1. The van der Waals surface area contributed by atoms with E-state index in [1.807, 2.05) is 31.2 Å². The van der Waals surface area contributed by atoms with Crippen LogP contribution < -0.4 is 4.74 Å². The maximum Gasteiger partial charge on any atom is 0.199 e. The second-order valence-electron chi connectivity index (χ2n) is 10.4. The molecule has 0 aliphatic heterocycles. The van der Waals surface area contributed by atoms with Gasteiger partial charge in [0.15, 0.2) is 6.29 Å². The molecule has 0 heterocycles. The molecule has 3 rings (SSSR count). The number of aromatic hydroxyl groups is 1. The van der Waals surface area contributed by atoms with E-state index in [4.69, 9.17) is 14.6 Å². The summed E-state index contributed by atoms with van der Waals surface area (Å²) in [5.74, 6) is 3.14. The molecular formula is C36H54O3. The Labute approximate surface area is 239 Å². The van der Waals surface area contributed by atoms with E-state index in [-0.39, 0.29) is 6.29 Å². The first-order valence-corrected chi connectivity index (χ1v) is 14.9. The van der Waals surface area contributed by atoms with Crippen LogP contribution in [0.25, 0.3) is 0 Å². The van der Waals surface area contributed by atoms with E-state index in [0.29, 0.717) is 30.1 Å². The number of hydrogen-bond acceptors (Lipinski definition) is 3. The zero-order valence-electron chi connectivity index (χ0n) is 26.0. The molecule has 0 bridgehead atoms. The number of phenols is 1. The molecule has 4 atom stereocenters. The number of aryl methyl sites for hydroxylation is 1. The van der Waals surface area contributed by atoms with E-state index in [1.165, 1.54) is 28.7 Å². The van der Waals surface area contributed by atoms with Crippen LogP contribution in [0, 0.1) is 6.92 Å². The topological polar surface area (TPSA) is 38.7 Å². The number of ether oxygens (including phenoxy) is 2. The summed E-state index contributed by atoms with van der Waals surface area (Å²) in [6.07, 6.45) is 4.26. The van der Waals surface area contributed by atoms with Gasteiger partial charge in [0.2, 0.25) is 0 Å². The first-order chi connectivity index (χ1) is 18.7. The lowest BCUT2D eigenvalue weighted by atomic mass is 9.98. The molecule has 0 aromatic heterocycles. The summed E-state index contributed by atoms with van der Waals surface area (Å²) in [5.41, 5.74) is 5.46. The van der Waals surface area contributed by atoms with E-state index >= 15 is 0 Å². The second kappa shape index (κ2) is 19.3. The third kappa shape index (κ3) is 13.2. The highest BCUT2D eigenvalue weighted by molar-refractivity contribution is 5.29. The van der Waals surface area contributed by atoms with Crippen LogP contribution in [-0.2, 0) is 4.74 Å². The van der Waals surface area contributed by atoms with Gasteiger partial charge >= 0.3 is 0 Å². The van der Waals surface area contributed by atoms with Gasteiger partial charge in [-0.3, -0.25) is 0 Å². The van der Waals surface area contributed by atoms with E-state index in [1.54, 1.807) is 12.1 Å². The van der Waals surface area contributed by atoms with Crippen molar-refractivity contribution >= 4 is 0 Å². The molecule has 39 heavy (non-hydrogen) atoms. The van der Waals surface area contributed by atoms with Crippen molar-refractivity contribution in [1.29, 1.82) is 0 Å². The zero-order valence-corrected chi connectivity index (χ0v) is 26.0. The van der Waals surface area contributed by atoms with Crippen LogP contribution in [-0.4, -0.2) is 18.0 Å². The zero-order chi connectivity index (χ0) is 29.2. The largest absolute Gasteiger partial charge is 0.508 e. The molecule has 0 saturated carbocycles. The first kappa shape index (κ1) is 34.2. The van der Waals surface area contributed by atoms with Gasteiger partial charge < -0.3 is 14.6 Å². The quantitative estimate of drug-likeness (QED) is 0.249. The summed E-state index contributed by atoms with van der Waals surface area (Å²) >= 11 is 0. The average molecular weight is 535 g/mol. The molecule has 0 radical (unpaired) electrons. The van der Waals surface area contributed by atoms with Gasteiger partial charge in [-0.05, 0) is 91.8 Å². The summed E-state index contributed by atoms with van der Waals surface area (Å²) in [5, 5.41) is 9.01. The lowest BCUT2D eigenvalue weighted by molar-refractivity contribution is -0.0766. The third-order valence-electron chi connectivity index (χ3n) is 7.35. The molecule has 3 nitrogen and oxygen atoms in total. The van der Waals surface area contributed by atoms with Crippen molar-refractivity contribution in [3.05, 3.63) is 95.1 Å². The van der Waals surface area contributed by atoms with Gasteiger partial charge in [-0.25, -0.2) is 0 Å². The molecule has 1 N–H and O–H groups in total. The van der Waals surface area contributed by atoms with Gasteiger partial charge in [-0.2, -0.15) is 0 Å². The fourth-order valence-electron chi connectivity index (χ4n) is 3.85. The molecule has 3 aromatic rings. The van der Waals surface area contributed by atoms with Crippen molar-refractivity contribution in [3.63, 3.8) is 0 Å². The fraction of sp³-hybridized carbons (Fsp3) is 0.500. The minimum absolute atomic E-state index is 0.130. The van der Waals surface area contributed by atoms with Gasteiger partial charge in [0, 0.05) is 13.0 Å². The molecule has 0 saturated heterocycles. The highest BCUT2D eigenvalue weighted by Crippen LogP contribution is 2.23. The van der Waals surface area contributed by atoms with E-state index in [0.717, 1.165) is 25.0 Å². The summed E-state index contributed by atoms with van der Waals surface area (Å²) in [7, 11) is 0. The Bertz CT molecular complexity index is 941. The molecule has 0 amide bonds. The Kier molecular flexibility index (Phi) is 17.0. The fourth-order valence-corrected chi connectivity index (χ4v) is 3.85. The maximum atomic E-state index is 9.01. The van der Waals surface area contributed by atoms with Crippen LogP contribution in [0.15, 0.2) is 72.8 Å². The minimum atomic E-state index is -0.130. The second-order valence-corrected chi connectivity index (χ2v) is 10.4. The van der Waals surface area contributed by atoms with Crippen LogP contribution in [0.2, 0.25) is 0 Å². The lowest BCUT2D eigenvalue weighted by Gasteiger charge is -2.17. The van der Waals surface area contributed by atoms with E-state index < -0.39 is 0 Å². The van der Waals surface area contributed by atoms with E-state index in [9.17, 15) is 0 Å². The SMILES string of the molecule is CCC(C)c1ccc(C)cc1.CCC(C)c1ccc(O)cc1.CCOC(CC)Oc1ccc(C(C)CC)cc1. The molecule has 0 aliphatic carbocycles. The van der Waals surface area contributed by atoms with Crippen LogP contribution in [0.1, 0.15) is 121 Å². The molecule has 0 aliphatic rings. The standard InChI is InChI=1S/C15H24O2.C11H16.C10H14O/c1-5-12(4)13-8-10-14(11-9-13)17-15(6-2)16-7-3;1-4-10(3)11-7-5-9(2)6-8-11;1-3-8(2)9-4-6-10(11)7-5-9/h8-12,15H,5-7H2,1-4H3;5-8,10H,4H2,1-3H3;4-8,11H,3H2,1-2H3. The lowest BCUT2D eigenvalue weighted by Crippen LogP contribution is -2.19. The summed E-state index contributed by atoms with van der Waals surface area (Å²) in [6.45, 7) is 20.1. The Hall–Kier alpha value is -2.78. The summed E-state index contributed by atoms with van der Waals surface area (Å²) in [4.78, 5) is 0. The molecule has 3 aromatic carbocycles. The maximum absolute atomic E-state index is 9.01. The molecule has 4 unspecified atom stereocenters. The van der Waals surface area contributed by atoms with Crippen molar-refractivity contribution < 1.29 is 14.6 Å². The Morgan fingerprint density at radius 2 is 0.949 bits per heavy atom. The van der Waals surface area contributed by atoms with Gasteiger partial charge in [-0.15, -0.1) is 0 Å². The highest BCUT2D eigenvalue weighted by Gasteiger charge is 2.08. The van der Waals surface area contributed by atoms with Crippen molar-refractivity contribution in [2.45, 2.75) is 112 Å². The van der Waals surface area contributed by atoms with Gasteiger partial charge in [-0.1, -0.05) is 103 Å². The Morgan fingerprint density at radius 1 is 0.564 bits per heavy atom. The van der Waals surface area contributed by atoms with Crippen molar-refractivity contribution in [1.82, 2.24) is 0 Å². The van der Waals surface area contributed by atoms with Crippen LogP contribution in [0.5, 0.6) is 11.5 Å². The predicted molar refractivity (Wildman–Crippen MR) is 168 cm³/mol. The number of benzene rings is 3. The van der Waals surface area contributed by atoms with Crippen molar-refractivity contribution in [3.8, 4) is 11.5 Å². The molecule has 0 spiro atoms. The monoisotopic (exact) mass is 534 g/mol. The Balaban J connectivity index is 0.000000304. The molecular weight excluding hydrogens is 480 g/mol. The summed E-state index contributed by atoms with van der Waals surface area (Å²) in [6, 6.07) is 24.6. The van der Waals surface area contributed by atoms with Crippen LogP contribution in [0.3, 0.4) is 0 Å². The third-order valence-corrected chi connectivity index (χ3v) is 7.35. The average Bonchev–Trinajstić information content (AvgIpc) is 2.97. The number of rotatable bonds is 11. The van der Waals surface area contributed by atoms with E-state index in [2.05, 4.69) is 91.8 Å². The van der Waals surface area contributed by atoms with Crippen LogP contribution in [0.4, 0.5) is 0 Å². The van der Waals surface area contributed by atoms with Gasteiger partial charge in [0.1, 0.15) is 11.5 Å². The number of hydrogen-bond donors (Lipinski definition) is 1. The van der Waals surface area contributed by atoms with Crippen molar-refractivity contribution in [2.75, 3.05) is 6.61 Å². The van der Waals surface area contributed by atoms with Crippen molar-refractivity contribution in [2.24, 2.45) is 0 Å². The smallest absolute Gasteiger partial charge is 0.199 e. The normalized spacial score (nSPS) is 13.6. The Morgan fingerprint density at radius 3 is 1.31 bits per heavy atom. The molecule has 216 valence electrons. The highest BCUT2D eigenvalue weighted by atomic mass is 16.7. The molecule has 0 fully saturated rings. The van der Waals surface area contributed by atoms with Crippen LogP contribution >= 0.6 is 0 Å². The van der Waals surface area contributed by atoms with Gasteiger partial charge in [0.05, 0.1) is 0 Å². The molecule has 3 heteroatoms. The summed E-state index contributed by atoms with van der Waals surface area (Å²) < 4.78 is 11.2. The minimum Gasteiger partial charge on any atom is -0.508 e. The van der Waals surface area contributed by atoms with Gasteiger partial charge in [0.25, 0.3) is 0 Å². The predicted octanol–water partition coefficient (Wildman–Crippen LogP) is 10.8.